The van der Waals surface area contributed by atoms with Gasteiger partial charge in [-0.05, 0) is 56.2 Å². The Morgan fingerprint density at radius 3 is 1.85 bits per heavy atom. The summed E-state index contributed by atoms with van der Waals surface area (Å²) in [7, 11) is -4.08. The molecule has 0 saturated carbocycles. The number of hydrogen-bond acceptors (Lipinski definition) is 5. The minimum absolute atomic E-state index is 0.0799. The van der Waals surface area contributed by atoms with Crippen LogP contribution in [0.15, 0.2) is 24.3 Å². The number of nitrogen functional groups attached to an aromatic ring is 2. The average Bonchev–Trinajstić information content (AvgIpc) is 2.62. The van der Waals surface area contributed by atoms with Gasteiger partial charge in [-0.3, -0.25) is 4.98 Å². The number of nitrogens with two attached hydrogens (primary N) is 2. The molecule has 4 N–H and O–H groups in total. The Bertz CT molecular complexity index is 989. The molecule has 1 heterocycles. The first-order chi connectivity index (χ1) is 14.7. The molecule has 0 saturated heterocycles. The van der Waals surface area contributed by atoms with Crippen LogP contribution in [0, 0.1) is 0 Å². The maximum absolute atomic E-state index is 7.00. The van der Waals surface area contributed by atoms with Crippen LogP contribution in [-0.4, -0.2) is 33.8 Å². The van der Waals surface area contributed by atoms with Crippen molar-refractivity contribution in [1.29, 1.82) is 0 Å². The van der Waals surface area contributed by atoms with Gasteiger partial charge in [-0.15, -0.1) is 0 Å². The predicted octanol–water partition coefficient (Wildman–Crippen LogP) is 7.31. The molecule has 5 nitrogen and oxygen atoms in total. The maximum atomic E-state index is 7.00. The number of fused-ring (bicyclic) bond motifs is 1. The number of benzene rings is 1. The van der Waals surface area contributed by atoms with E-state index in [1.165, 1.54) is 0 Å². The first-order valence-corrected chi connectivity index (χ1v) is 17.8. The Morgan fingerprint density at radius 2 is 1.33 bits per heavy atom. The van der Waals surface area contributed by atoms with Crippen molar-refractivity contribution in [1.82, 2.24) is 4.98 Å². The van der Waals surface area contributed by atoms with Gasteiger partial charge >= 0.3 is 0 Å². The zero-order chi connectivity index (χ0) is 25.6. The van der Waals surface area contributed by atoms with Crippen LogP contribution in [0.4, 0.5) is 11.4 Å². The van der Waals surface area contributed by atoms with Gasteiger partial charge in [-0.1, -0.05) is 59.7 Å². The summed E-state index contributed by atoms with van der Waals surface area (Å²) in [5.41, 5.74) is 15.4. The topological polar surface area (TPSA) is 83.4 Å². The van der Waals surface area contributed by atoms with Crippen molar-refractivity contribution < 1.29 is 8.85 Å². The minimum atomic E-state index is -2.08. The van der Waals surface area contributed by atoms with E-state index in [1.807, 2.05) is 24.3 Å². The van der Waals surface area contributed by atoms with Crippen LogP contribution in [0.5, 0.6) is 0 Å². The lowest BCUT2D eigenvalue weighted by atomic mass is 9.87. The Hall–Kier alpha value is -1.42. The van der Waals surface area contributed by atoms with Gasteiger partial charge in [0.25, 0.3) is 0 Å². The lowest BCUT2D eigenvalue weighted by Crippen LogP contribution is -2.51. The van der Waals surface area contributed by atoms with E-state index in [0.717, 1.165) is 16.6 Å². The summed E-state index contributed by atoms with van der Waals surface area (Å²) in [6, 6.07) is 7.90. The highest BCUT2D eigenvalue weighted by Crippen LogP contribution is 2.46. The third kappa shape index (κ3) is 5.81. The monoisotopic (exact) mass is 489 g/mol. The summed E-state index contributed by atoms with van der Waals surface area (Å²) in [6.45, 7) is 27.5. The molecule has 2 aromatic rings. The first-order valence-electron chi connectivity index (χ1n) is 12.0. The highest BCUT2D eigenvalue weighted by molar-refractivity contribution is 6.74. The van der Waals surface area contributed by atoms with E-state index in [2.05, 4.69) is 81.6 Å². The number of rotatable bonds is 7. The van der Waals surface area contributed by atoms with Gasteiger partial charge < -0.3 is 20.3 Å². The highest BCUT2D eigenvalue weighted by atomic mass is 28.4. The number of para-hydroxylation sites is 1. The maximum Gasteiger partial charge on any atom is 0.192 e. The number of anilines is 2. The Labute approximate surface area is 203 Å². The first kappa shape index (κ1) is 27.8. The smallest absolute Gasteiger partial charge is 0.192 e. The molecule has 0 spiro atoms. The van der Waals surface area contributed by atoms with Crippen LogP contribution >= 0.6 is 0 Å². The lowest BCUT2D eigenvalue weighted by Gasteiger charge is -2.47. The number of aromatic nitrogens is 1. The molecule has 0 radical (unpaired) electrons. The summed E-state index contributed by atoms with van der Waals surface area (Å²) >= 11 is 0. The fraction of sp³-hybridized carbons (Fsp3) is 0.654. The zero-order valence-electron chi connectivity index (χ0n) is 23.0. The van der Waals surface area contributed by atoms with E-state index in [4.69, 9.17) is 25.3 Å². The van der Waals surface area contributed by atoms with E-state index in [9.17, 15) is 0 Å². The molecule has 1 aromatic heterocycles. The van der Waals surface area contributed by atoms with E-state index < -0.39 is 22.2 Å². The second kappa shape index (κ2) is 8.98. The fourth-order valence-electron chi connectivity index (χ4n) is 3.54. The SMILES string of the molecule is CC(C)(O[Si](C)(C)C(C)(C)C)[C@@H](CO[Si](C)(C)C(C)(C)C)c1nc2ccccc2c(N)c1N. The van der Waals surface area contributed by atoms with Gasteiger partial charge in [0.15, 0.2) is 16.6 Å². The van der Waals surface area contributed by atoms with E-state index in [0.29, 0.717) is 18.0 Å². The fourth-order valence-corrected chi connectivity index (χ4v) is 6.32. The van der Waals surface area contributed by atoms with Crippen molar-refractivity contribution in [2.75, 3.05) is 18.1 Å². The molecule has 0 aliphatic carbocycles. The summed E-state index contributed by atoms with van der Waals surface area (Å²) in [6.07, 6.45) is 0. The summed E-state index contributed by atoms with van der Waals surface area (Å²) in [5, 5.41) is 1.06. The van der Waals surface area contributed by atoms with Gasteiger partial charge in [0.05, 0.1) is 34.1 Å². The van der Waals surface area contributed by atoms with Crippen molar-refractivity contribution >= 4 is 38.9 Å². The van der Waals surface area contributed by atoms with Gasteiger partial charge in [-0.2, -0.15) is 0 Å². The Balaban J connectivity index is 2.63. The van der Waals surface area contributed by atoms with Crippen molar-refractivity contribution in [3.05, 3.63) is 30.0 Å². The predicted molar refractivity (Wildman–Crippen MR) is 149 cm³/mol. The molecule has 33 heavy (non-hydrogen) atoms. The molecular formula is C26H47N3O2Si2. The molecule has 0 bridgehead atoms. The van der Waals surface area contributed by atoms with Gasteiger partial charge in [0.1, 0.15) is 0 Å². The van der Waals surface area contributed by atoms with E-state index in [-0.39, 0.29) is 16.0 Å². The third-order valence-corrected chi connectivity index (χ3v) is 17.1. The van der Waals surface area contributed by atoms with E-state index in [1.54, 1.807) is 0 Å². The normalized spacial score (nSPS) is 15.2. The quantitative estimate of drug-likeness (QED) is 0.398. The van der Waals surface area contributed by atoms with Crippen LogP contribution in [0.1, 0.15) is 67.0 Å². The van der Waals surface area contributed by atoms with Gasteiger partial charge in [0.2, 0.25) is 0 Å². The third-order valence-electron chi connectivity index (χ3n) is 7.91. The van der Waals surface area contributed by atoms with Crippen LogP contribution in [-0.2, 0) is 8.85 Å². The zero-order valence-corrected chi connectivity index (χ0v) is 25.0. The van der Waals surface area contributed by atoms with Crippen LogP contribution in [0.25, 0.3) is 10.9 Å². The Kier molecular flexibility index (Phi) is 7.58. The van der Waals surface area contributed by atoms with Crippen molar-refractivity contribution in [3.63, 3.8) is 0 Å². The molecule has 0 fully saturated rings. The second-order valence-electron chi connectivity index (χ2n) is 12.9. The highest BCUT2D eigenvalue weighted by Gasteiger charge is 2.46. The molecule has 1 atom stereocenters. The summed E-state index contributed by atoms with van der Waals surface area (Å²) in [4.78, 5) is 5.02. The van der Waals surface area contributed by atoms with Crippen LogP contribution in [0.2, 0.25) is 36.3 Å². The molecule has 7 heteroatoms. The Morgan fingerprint density at radius 1 is 0.818 bits per heavy atom. The van der Waals surface area contributed by atoms with Crippen molar-refractivity contribution in [2.24, 2.45) is 0 Å². The molecule has 1 aromatic carbocycles. The number of hydrogen-bond donors (Lipinski definition) is 2. The minimum Gasteiger partial charge on any atom is -0.416 e. The molecule has 186 valence electrons. The van der Waals surface area contributed by atoms with Gasteiger partial charge in [0, 0.05) is 12.0 Å². The van der Waals surface area contributed by atoms with E-state index >= 15 is 0 Å². The van der Waals surface area contributed by atoms with Crippen LogP contribution < -0.4 is 11.5 Å². The van der Waals surface area contributed by atoms with Crippen LogP contribution in [0.3, 0.4) is 0 Å². The standard InChI is InChI=1S/C26H47N3O2Si2/c1-24(2,3)32(9,10)30-17-19(26(7,8)31-33(11,12)25(4,5)6)23-22(28)21(27)18-15-13-14-16-20(18)29-23/h13-16,19H,17,28H2,1-12H3,(H2,27,29)/t19-/m0/s1. The van der Waals surface area contributed by atoms with Crippen molar-refractivity contribution in [3.8, 4) is 0 Å². The summed E-state index contributed by atoms with van der Waals surface area (Å²) in [5.74, 6) is -0.160. The number of nitrogens with zero attached hydrogens (tertiary/aromatic N) is 1. The molecule has 0 amide bonds. The summed E-state index contributed by atoms with van der Waals surface area (Å²) < 4.78 is 13.7. The molecule has 0 aliphatic rings. The average molecular weight is 490 g/mol. The molecule has 2 rings (SSSR count). The van der Waals surface area contributed by atoms with Gasteiger partial charge in [-0.25, -0.2) is 0 Å². The lowest BCUT2D eigenvalue weighted by molar-refractivity contribution is 0.0390. The second-order valence-corrected chi connectivity index (χ2v) is 22.5. The number of pyridine rings is 1. The molecule has 0 aliphatic heterocycles. The molecule has 0 unspecified atom stereocenters. The van der Waals surface area contributed by atoms with Crippen molar-refractivity contribution in [2.45, 2.75) is 103 Å². The largest absolute Gasteiger partial charge is 0.416 e. The molecular weight excluding hydrogens is 442 g/mol.